The Balaban J connectivity index is 1.57. The van der Waals surface area contributed by atoms with E-state index in [0.29, 0.717) is 26.3 Å². The Kier molecular flexibility index (Phi) is 8.41. The van der Waals surface area contributed by atoms with Gasteiger partial charge in [-0.3, -0.25) is 9.59 Å². The van der Waals surface area contributed by atoms with Crippen molar-refractivity contribution in [1.82, 2.24) is 10.2 Å². The van der Waals surface area contributed by atoms with E-state index in [-0.39, 0.29) is 30.4 Å². The lowest BCUT2D eigenvalue weighted by atomic mass is 9.89. The minimum absolute atomic E-state index is 0.0343. The molecule has 1 saturated heterocycles. The standard InChI is InChI=1S/C24H30N2O4/c1-29-16-17-30-18-22(27)25-21-12-14-26(15-13-21)24(28)23(19-8-4-2-5-9-19)20-10-6-3-7-11-20/h2-11,21,23H,12-18H2,1H3,(H,25,27). The highest BCUT2D eigenvalue weighted by molar-refractivity contribution is 5.87. The molecule has 1 aliphatic heterocycles. The monoisotopic (exact) mass is 410 g/mol. The molecule has 0 aromatic heterocycles. The molecule has 2 amide bonds. The van der Waals surface area contributed by atoms with Gasteiger partial charge in [0.15, 0.2) is 0 Å². The second-order valence-electron chi connectivity index (χ2n) is 7.47. The lowest BCUT2D eigenvalue weighted by Crippen LogP contribution is -2.48. The van der Waals surface area contributed by atoms with Gasteiger partial charge in [-0.05, 0) is 24.0 Å². The molecule has 0 radical (unpaired) electrons. The van der Waals surface area contributed by atoms with E-state index in [0.717, 1.165) is 24.0 Å². The van der Waals surface area contributed by atoms with Gasteiger partial charge in [0, 0.05) is 26.2 Å². The molecule has 0 bridgehead atoms. The number of methoxy groups -OCH3 is 1. The lowest BCUT2D eigenvalue weighted by Gasteiger charge is -2.35. The van der Waals surface area contributed by atoms with Crippen LogP contribution in [0.5, 0.6) is 0 Å². The molecule has 30 heavy (non-hydrogen) atoms. The van der Waals surface area contributed by atoms with Crippen molar-refractivity contribution in [3.8, 4) is 0 Å². The van der Waals surface area contributed by atoms with Gasteiger partial charge in [-0.25, -0.2) is 0 Å². The average Bonchev–Trinajstić information content (AvgIpc) is 2.79. The molecule has 1 aliphatic rings. The number of hydrogen-bond acceptors (Lipinski definition) is 4. The van der Waals surface area contributed by atoms with Crippen LogP contribution in [0, 0.1) is 0 Å². The Morgan fingerprint density at radius 1 is 0.967 bits per heavy atom. The van der Waals surface area contributed by atoms with Crippen molar-refractivity contribution in [2.45, 2.75) is 24.8 Å². The zero-order chi connectivity index (χ0) is 21.2. The summed E-state index contributed by atoms with van der Waals surface area (Å²) >= 11 is 0. The van der Waals surface area contributed by atoms with Gasteiger partial charge in [0.05, 0.1) is 19.1 Å². The number of likely N-dealkylation sites (tertiary alicyclic amines) is 1. The molecule has 6 heteroatoms. The zero-order valence-corrected chi connectivity index (χ0v) is 17.5. The minimum Gasteiger partial charge on any atom is -0.382 e. The van der Waals surface area contributed by atoms with Crippen molar-refractivity contribution in [1.29, 1.82) is 0 Å². The Labute approximate surface area is 178 Å². The molecular weight excluding hydrogens is 380 g/mol. The van der Waals surface area contributed by atoms with Crippen LogP contribution in [0.1, 0.15) is 29.9 Å². The number of nitrogens with one attached hydrogen (secondary N) is 1. The average molecular weight is 411 g/mol. The lowest BCUT2D eigenvalue weighted by molar-refractivity contribution is -0.133. The number of carbonyl (C=O) groups excluding carboxylic acids is 2. The van der Waals surface area contributed by atoms with Crippen molar-refractivity contribution < 1.29 is 19.1 Å². The van der Waals surface area contributed by atoms with Crippen LogP contribution in [0.4, 0.5) is 0 Å². The molecule has 0 spiro atoms. The van der Waals surface area contributed by atoms with Crippen molar-refractivity contribution >= 4 is 11.8 Å². The van der Waals surface area contributed by atoms with Crippen LogP contribution in [0.15, 0.2) is 60.7 Å². The molecule has 0 unspecified atom stereocenters. The van der Waals surface area contributed by atoms with Gasteiger partial charge in [-0.2, -0.15) is 0 Å². The quantitative estimate of drug-likeness (QED) is 0.646. The van der Waals surface area contributed by atoms with E-state index in [9.17, 15) is 9.59 Å². The first-order chi connectivity index (χ1) is 14.7. The highest BCUT2D eigenvalue weighted by Gasteiger charge is 2.30. The normalized spacial score (nSPS) is 14.7. The molecule has 2 aromatic carbocycles. The molecule has 0 atom stereocenters. The highest BCUT2D eigenvalue weighted by Crippen LogP contribution is 2.28. The SMILES string of the molecule is COCCOCC(=O)NC1CCN(C(=O)C(c2ccccc2)c2ccccc2)CC1. The first-order valence-electron chi connectivity index (χ1n) is 10.4. The number of nitrogens with zero attached hydrogens (tertiary/aromatic N) is 1. The summed E-state index contributed by atoms with van der Waals surface area (Å²) in [5.74, 6) is -0.324. The first-order valence-corrected chi connectivity index (χ1v) is 10.4. The summed E-state index contributed by atoms with van der Waals surface area (Å²) in [4.78, 5) is 27.4. The smallest absolute Gasteiger partial charge is 0.246 e. The Bertz CT molecular complexity index is 750. The maximum Gasteiger partial charge on any atom is 0.246 e. The second kappa shape index (κ2) is 11.5. The number of ether oxygens (including phenoxy) is 2. The summed E-state index contributed by atoms with van der Waals surface area (Å²) in [5.41, 5.74) is 2.00. The van der Waals surface area contributed by atoms with Crippen LogP contribution in [0.2, 0.25) is 0 Å². The fraction of sp³-hybridized carbons (Fsp3) is 0.417. The molecule has 1 fully saturated rings. The summed E-state index contributed by atoms with van der Waals surface area (Å²) in [5, 5.41) is 3.01. The van der Waals surface area contributed by atoms with Gasteiger partial charge >= 0.3 is 0 Å². The molecule has 1 heterocycles. The van der Waals surface area contributed by atoms with Gasteiger partial charge in [0.25, 0.3) is 0 Å². The van der Waals surface area contributed by atoms with E-state index >= 15 is 0 Å². The topological polar surface area (TPSA) is 67.9 Å². The van der Waals surface area contributed by atoms with E-state index in [1.807, 2.05) is 65.6 Å². The highest BCUT2D eigenvalue weighted by atomic mass is 16.5. The molecule has 3 rings (SSSR count). The Hall–Kier alpha value is -2.70. The van der Waals surface area contributed by atoms with E-state index in [2.05, 4.69) is 5.32 Å². The van der Waals surface area contributed by atoms with Gasteiger partial charge in [0.1, 0.15) is 6.61 Å². The third kappa shape index (κ3) is 6.15. The summed E-state index contributed by atoms with van der Waals surface area (Å²) in [7, 11) is 1.60. The van der Waals surface area contributed by atoms with Crippen LogP contribution in [-0.4, -0.2) is 62.8 Å². The summed E-state index contributed by atoms with van der Waals surface area (Å²) in [6, 6.07) is 19.9. The van der Waals surface area contributed by atoms with Crippen molar-refractivity contribution in [3.05, 3.63) is 71.8 Å². The van der Waals surface area contributed by atoms with Crippen LogP contribution in [0.3, 0.4) is 0 Å². The van der Waals surface area contributed by atoms with Crippen LogP contribution < -0.4 is 5.32 Å². The Morgan fingerprint density at radius 3 is 2.07 bits per heavy atom. The van der Waals surface area contributed by atoms with Crippen LogP contribution in [0.25, 0.3) is 0 Å². The van der Waals surface area contributed by atoms with Gasteiger partial charge in [0.2, 0.25) is 11.8 Å². The zero-order valence-electron chi connectivity index (χ0n) is 17.5. The largest absolute Gasteiger partial charge is 0.382 e. The van der Waals surface area contributed by atoms with E-state index < -0.39 is 0 Å². The number of hydrogen-bond donors (Lipinski definition) is 1. The summed E-state index contributed by atoms with van der Waals surface area (Å²) in [6.45, 7) is 2.16. The van der Waals surface area contributed by atoms with Gasteiger partial charge in [-0.15, -0.1) is 0 Å². The molecule has 160 valence electrons. The maximum atomic E-state index is 13.4. The van der Waals surface area contributed by atoms with Crippen molar-refractivity contribution in [2.24, 2.45) is 0 Å². The molecule has 1 N–H and O–H groups in total. The number of amides is 2. The number of piperidine rings is 1. The van der Waals surface area contributed by atoms with E-state index in [1.54, 1.807) is 7.11 Å². The molecular formula is C24H30N2O4. The molecule has 0 aliphatic carbocycles. The van der Waals surface area contributed by atoms with Crippen molar-refractivity contribution in [3.63, 3.8) is 0 Å². The number of carbonyl (C=O) groups is 2. The molecule has 0 saturated carbocycles. The predicted molar refractivity (Wildman–Crippen MR) is 115 cm³/mol. The first kappa shape index (κ1) is 22.0. The predicted octanol–water partition coefficient (Wildman–Crippen LogP) is 2.59. The van der Waals surface area contributed by atoms with Crippen LogP contribution in [-0.2, 0) is 19.1 Å². The molecule has 6 nitrogen and oxygen atoms in total. The third-order valence-electron chi connectivity index (χ3n) is 5.35. The summed E-state index contributed by atoms with van der Waals surface area (Å²) < 4.78 is 10.2. The second-order valence-corrected chi connectivity index (χ2v) is 7.47. The number of benzene rings is 2. The Morgan fingerprint density at radius 2 is 1.53 bits per heavy atom. The van der Waals surface area contributed by atoms with E-state index in [1.165, 1.54) is 0 Å². The van der Waals surface area contributed by atoms with E-state index in [4.69, 9.17) is 9.47 Å². The third-order valence-corrected chi connectivity index (χ3v) is 5.35. The fourth-order valence-electron chi connectivity index (χ4n) is 3.77. The minimum atomic E-state index is -0.312. The van der Waals surface area contributed by atoms with Gasteiger partial charge in [-0.1, -0.05) is 60.7 Å². The summed E-state index contributed by atoms with van der Waals surface area (Å²) in [6.07, 6.45) is 1.48. The number of rotatable bonds is 9. The fourth-order valence-corrected chi connectivity index (χ4v) is 3.77. The van der Waals surface area contributed by atoms with Crippen molar-refractivity contribution in [2.75, 3.05) is 40.0 Å². The molecule has 2 aromatic rings. The van der Waals surface area contributed by atoms with Gasteiger partial charge < -0.3 is 19.7 Å². The van der Waals surface area contributed by atoms with Crippen LogP contribution >= 0.6 is 0 Å². The maximum absolute atomic E-state index is 13.4.